The molecule has 0 unspecified atom stereocenters. The van der Waals surface area contributed by atoms with Gasteiger partial charge in [-0.1, -0.05) is 6.07 Å². The van der Waals surface area contributed by atoms with Crippen LogP contribution >= 0.6 is 11.3 Å². The molecule has 6 heteroatoms. The second kappa shape index (κ2) is 7.44. The van der Waals surface area contributed by atoms with Crippen molar-refractivity contribution < 1.29 is 9.53 Å². The number of hydrogen-bond donors (Lipinski definition) is 1. The molecule has 1 aromatic heterocycles. The van der Waals surface area contributed by atoms with E-state index in [2.05, 4.69) is 27.7 Å². The lowest BCUT2D eigenvalue weighted by Crippen LogP contribution is -2.54. The number of amides is 2. The molecule has 122 valence electrons. The molecular formula is C16H25N3O2S. The summed E-state index contributed by atoms with van der Waals surface area (Å²) in [6.45, 7) is 7.36. The average molecular weight is 323 g/mol. The van der Waals surface area contributed by atoms with Crippen molar-refractivity contribution in [1.29, 1.82) is 0 Å². The lowest BCUT2D eigenvalue weighted by atomic mass is 10.1. The Bertz CT molecular complexity index is 466. The number of ether oxygens (including phenoxy) is 1. The van der Waals surface area contributed by atoms with Gasteiger partial charge in [-0.15, -0.1) is 11.3 Å². The van der Waals surface area contributed by atoms with Gasteiger partial charge in [-0.05, 0) is 31.2 Å². The smallest absolute Gasteiger partial charge is 0.317 e. The molecule has 2 fully saturated rings. The molecule has 2 aliphatic rings. The summed E-state index contributed by atoms with van der Waals surface area (Å²) < 4.78 is 5.64. The summed E-state index contributed by atoms with van der Waals surface area (Å²) in [5.74, 6) is 0. The summed E-state index contributed by atoms with van der Waals surface area (Å²) in [4.78, 5) is 18.1. The molecule has 0 radical (unpaired) electrons. The Balaban J connectivity index is 1.41. The number of piperazine rings is 1. The molecule has 5 nitrogen and oxygen atoms in total. The molecule has 0 saturated carbocycles. The molecule has 2 aliphatic heterocycles. The van der Waals surface area contributed by atoms with Crippen LogP contribution < -0.4 is 5.32 Å². The largest absolute Gasteiger partial charge is 0.376 e. The van der Waals surface area contributed by atoms with E-state index in [0.717, 1.165) is 52.2 Å². The van der Waals surface area contributed by atoms with Crippen molar-refractivity contribution in [3.05, 3.63) is 22.4 Å². The van der Waals surface area contributed by atoms with Gasteiger partial charge >= 0.3 is 6.03 Å². The van der Waals surface area contributed by atoms with Gasteiger partial charge in [0.2, 0.25) is 0 Å². The van der Waals surface area contributed by atoms with E-state index in [-0.39, 0.29) is 18.2 Å². The Morgan fingerprint density at radius 3 is 2.91 bits per heavy atom. The zero-order valence-electron chi connectivity index (χ0n) is 13.2. The maximum Gasteiger partial charge on any atom is 0.317 e. The van der Waals surface area contributed by atoms with Crippen molar-refractivity contribution in [2.24, 2.45) is 0 Å². The fourth-order valence-electron chi connectivity index (χ4n) is 3.11. The van der Waals surface area contributed by atoms with Gasteiger partial charge < -0.3 is 15.0 Å². The summed E-state index contributed by atoms with van der Waals surface area (Å²) in [7, 11) is 0. The van der Waals surface area contributed by atoms with E-state index >= 15 is 0 Å². The lowest BCUT2D eigenvalue weighted by molar-refractivity contribution is 0.0801. The van der Waals surface area contributed by atoms with E-state index in [1.807, 2.05) is 11.8 Å². The number of rotatable bonds is 4. The van der Waals surface area contributed by atoms with Crippen LogP contribution in [0, 0.1) is 0 Å². The number of thiophene rings is 1. The first kappa shape index (κ1) is 15.8. The van der Waals surface area contributed by atoms with Crippen LogP contribution in [0.4, 0.5) is 4.79 Å². The van der Waals surface area contributed by atoms with Crippen molar-refractivity contribution in [3.63, 3.8) is 0 Å². The van der Waals surface area contributed by atoms with E-state index in [1.54, 1.807) is 11.3 Å². The van der Waals surface area contributed by atoms with Crippen molar-refractivity contribution in [2.75, 3.05) is 32.8 Å². The normalized spacial score (nSPS) is 24.4. The molecule has 0 aliphatic carbocycles. The molecule has 2 amide bonds. The second-order valence-electron chi connectivity index (χ2n) is 6.13. The van der Waals surface area contributed by atoms with Gasteiger partial charge in [-0.25, -0.2) is 4.79 Å². The Hall–Kier alpha value is -1.11. The van der Waals surface area contributed by atoms with Crippen LogP contribution in [0.5, 0.6) is 0 Å². The molecule has 2 atom stereocenters. The van der Waals surface area contributed by atoms with Crippen LogP contribution in [0.1, 0.15) is 24.6 Å². The van der Waals surface area contributed by atoms with Gasteiger partial charge in [0.15, 0.2) is 0 Å². The standard InChI is InChI=1S/C16H25N3O2S/c1-13(15-5-2-10-21-15)17-16(20)19-8-6-18(7-9-19)12-14-4-3-11-22-14/h3-4,11,13,15H,2,5-10,12H2,1H3,(H,17,20)/t13-,15-/m0/s1. The third kappa shape index (κ3) is 4.00. The molecule has 0 aromatic carbocycles. The molecule has 2 saturated heterocycles. The van der Waals surface area contributed by atoms with Crippen LogP contribution in [0.25, 0.3) is 0 Å². The van der Waals surface area contributed by atoms with Crippen LogP contribution in [0.15, 0.2) is 17.5 Å². The minimum absolute atomic E-state index is 0.0544. The van der Waals surface area contributed by atoms with Gasteiger partial charge in [-0.3, -0.25) is 4.90 Å². The lowest BCUT2D eigenvalue weighted by Gasteiger charge is -2.35. The van der Waals surface area contributed by atoms with Gasteiger partial charge in [0.05, 0.1) is 12.1 Å². The van der Waals surface area contributed by atoms with E-state index in [1.165, 1.54) is 4.88 Å². The highest BCUT2D eigenvalue weighted by molar-refractivity contribution is 7.09. The Morgan fingerprint density at radius 1 is 1.45 bits per heavy atom. The maximum atomic E-state index is 12.3. The van der Waals surface area contributed by atoms with Crippen molar-refractivity contribution in [2.45, 2.75) is 38.5 Å². The van der Waals surface area contributed by atoms with Crippen LogP contribution in [0.2, 0.25) is 0 Å². The number of carbonyl (C=O) groups is 1. The Labute approximate surface area is 136 Å². The first-order valence-corrected chi connectivity index (χ1v) is 9.02. The molecule has 0 spiro atoms. The molecule has 3 rings (SSSR count). The van der Waals surface area contributed by atoms with Crippen LogP contribution in [0.3, 0.4) is 0 Å². The van der Waals surface area contributed by atoms with Crippen molar-refractivity contribution in [3.8, 4) is 0 Å². The fourth-order valence-corrected chi connectivity index (χ4v) is 3.85. The van der Waals surface area contributed by atoms with Crippen molar-refractivity contribution >= 4 is 17.4 Å². The second-order valence-corrected chi connectivity index (χ2v) is 7.16. The first-order chi connectivity index (χ1) is 10.7. The Kier molecular flexibility index (Phi) is 5.33. The highest BCUT2D eigenvalue weighted by Crippen LogP contribution is 2.16. The molecular weight excluding hydrogens is 298 g/mol. The van der Waals surface area contributed by atoms with Gasteiger partial charge in [0.1, 0.15) is 0 Å². The van der Waals surface area contributed by atoms with Gasteiger partial charge in [0.25, 0.3) is 0 Å². The maximum absolute atomic E-state index is 12.3. The summed E-state index contributed by atoms with van der Waals surface area (Å²) in [5, 5.41) is 5.21. The van der Waals surface area contributed by atoms with Crippen LogP contribution in [-0.4, -0.2) is 60.8 Å². The van der Waals surface area contributed by atoms with E-state index in [9.17, 15) is 4.79 Å². The molecule has 0 bridgehead atoms. The third-order valence-corrected chi connectivity index (χ3v) is 5.35. The number of hydrogen-bond acceptors (Lipinski definition) is 4. The number of urea groups is 1. The topological polar surface area (TPSA) is 44.8 Å². The van der Waals surface area contributed by atoms with E-state index in [4.69, 9.17) is 4.74 Å². The zero-order chi connectivity index (χ0) is 15.4. The molecule has 1 aromatic rings. The van der Waals surface area contributed by atoms with E-state index in [0.29, 0.717) is 0 Å². The average Bonchev–Trinajstić information content (AvgIpc) is 3.21. The molecule has 22 heavy (non-hydrogen) atoms. The highest BCUT2D eigenvalue weighted by Gasteiger charge is 2.27. The molecule has 3 heterocycles. The monoisotopic (exact) mass is 323 g/mol. The summed E-state index contributed by atoms with van der Waals surface area (Å²) in [6.07, 6.45) is 2.34. The number of nitrogens with one attached hydrogen (secondary N) is 1. The van der Waals surface area contributed by atoms with E-state index < -0.39 is 0 Å². The first-order valence-electron chi connectivity index (χ1n) is 8.14. The minimum atomic E-state index is 0.0544. The minimum Gasteiger partial charge on any atom is -0.376 e. The predicted molar refractivity (Wildman–Crippen MR) is 88.1 cm³/mol. The van der Waals surface area contributed by atoms with Gasteiger partial charge in [0, 0.05) is 44.2 Å². The van der Waals surface area contributed by atoms with Crippen LogP contribution in [-0.2, 0) is 11.3 Å². The Morgan fingerprint density at radius 2 is 2.27 bits per heavy atom. The molecule has 1 N–H and O–H groups in total. The SMILES string of the molecule is C[C@H](NC(=O)N1CCN(Cc2cccs2)CC1)[C@@H]1CCCO1. The highest BCUT2D eigenvalue weighted by atomic mass is 32.1. The fraction of sp³-hybridized carbons (Fsp3) is 0.688. The van der Waals surface area contributed by atoms with Gasteiger partial charge in [-0.2, -0.15) is 0 Å². The summed E-state index contributed by atoms with van der Waals surface area (Å²) >= 11 is 1.80. The number of nitrogens with zero attached hydrogens (tertiary/aromatic N) is 2. The quantitative estimate of drug-likeness (QED) is 0.923. The number of carbonyl (C=O) groups excluding carboxylic acids is 1. The van der Waals surface area contributed by atoms with Crippen molar-refractivity contribution in [1.82, 2.24) is 15.1 Å². The summed E-state index contributed by atoms with van der Waals surface area (Å²) in [5.41, 5.74) is 0. The summed E-state index contributed by atoms with van der Waals surface area (Å²) in [6, 6.07) is 4.42. The predicted octanol–water partition coefficient (Wildman–Crippen LogP) is 2.14. The third-order valence-electron chi connectivity index (χ3n) is 4.49. The zero-order valence-corrected chi connectivity index (χ0v) is 14.0.